The van der Waals surface area contributed by atoms with Gasteiger partial charge in [0.2, 0.25) is 0 Å². The van der Waals surface area contributed by atoms with E-state index in [0.717, 1.165) is 5.41 Å². The summed E-state index contributed by atoms with van der Waals surface area (Å²) < 4.78 is 0. The van der Waals surface area contributed by atoms with Gasteiger partial charge in [-0.1, -0.05) is 154 Å². The molecule has 2 rings (SSSR count). The summed E-state index contributed by atoms with van der Waals surface area (Å²) in [5.41, 5.74) is 0.770. The van der Waals surface area contributed by atoms with Crippen LogP contribution in [0.1, 0.15) is 180 Å². The third-order valence-corrected chi connectivity index (χ3v) is 8.33. The minimum absolute atomic E-state index is 0.770. The van der Waals surface area contributed by atoms with Gasteiger partial charge >= 0.3 is 0 Å². The van der Waals surface area contributed by atoms with Crippen molar-refractivity contribution in [1.29, 1.82) is 0 Å². The predicted octanol–water partition coefficient (Wildman–Crippen LogP) is 10.9. The largest absolute Gasteiger partial charge is 0.0533 e. The molecule has 0 saturated heterocycles. The zero-order valence-corrected chi connectivity index (χ0v) is 20.3. The third kappa shape index (κ3) is 13.1. The lowest BCUT2D eigenvalue weighted by Crippen LogP contribution is -2.24. The molecule has 0 heterocycles. The van der Waals surface area contributed by atoms with Crippen molar-refractivity contribution in [3.8, 4) is 0 Å². The van der Waals surface area contributed by atoms with Gasteiger partial charge in [0.1, 0.15) is 0 Å². The summed E-state index contributed by atoms with van der Waals surface area (Å²) in [6.45, 7) is 0. The summed E-state index contributed by atoms with van der Waals surface area (Å²) in [5, 5.41) is 0. The molecule has 0 N–H and O–H groups in total. The number of rotatable bonds is 0. The van der Waals surface area contributed by atoms with Crippen LogP contribution in [-0.4, -0.2) is 0 Å². The molecule has 0 aliphatic heterocycles. The lowest BCUT2D eigenvalue weighted by Gasteiger charge is -2.38. The fourth-order valence-corrected chi connectivity index (χ4v) is 6.29. The normalized spacial score (nSPS) is 26.5. The molecular formula is C29H56. The lowest BCUT2D eigenvalue weighted by molar-refractivity contribution is 0.146. The molecule has 172 valence electrons. The zero-order valence-electron chi connectivity index (χ0n) is 20.3. The van der Waals surface area contributed by atoms with Gasteiger partial charge in [-0.15, -0.1) is 0 Å². The van der Waals surface area contributed by atoms with Crippen LogP contribution in [-0.2, 0) is 0 Å². The average Bonchev–Trinajstić information content (AvgIpc) is 2.74. The highest BCUT2D eigenvalue weighted by Crippen LogP contribution is 2.44. The highest BCUT2D eigenvalue weighted by molar-refractivity contribution is 4.83. The van der Waals surface area contributed by atoms with Gasteiger partial charge in [0.25, 0.3) is 0 Å². The van der Waals surface area contributed by atoms with E-state index >= 15 is 0 Å². The van der Waals surface area contributed by atoms with Gasteiger partial charge in [-0.2, -0.15) is 0 Å². The molecule has 0 bridgehead atoms. The third-order valence-electron chi connectivity index (χ3n) is 8.33. The smallest absolute Gasteiger partial charge is 0.0297 e. The summed E-state index contributed by atoms with van der Waals surface area (Å²) >= 11 is 0. The Balaban J connectivity index is 1.65. The Morgan fingerprint density at radius 2 is 0.310 bits per heavy atom. The maximum absolute atomic E-state index is 1.56. The molecule has 0 aromatic rings. The molecular weight excluding hydrogens is 348 g/mol. The Hall–Kier alpha value is 0. The van der Waals surface area contributed by atoms with Crippen LogP contribution in [0.4, 0.5) is 0 Å². The van der Waals surface area contributed by atoms with Gasteiger partial charge in [-0.05, 0) is 31.1 Å². The highest BCUT2D eigenvalue weighted by atomic mass is 14.4. The molecule has 2 fully saturated rings. The standard InChI is InChI=1S/C29H56/c1-2-4-6-8-10-12-14-16-18-21-25-29(27-23-20-24-28-29)26-22-19-17-15-13-11-9-7-5-3-1/h1-28H2. The van der Waals surface area contributed by atoms with E-state index in [9.17, 15) is 0 Å². The van der Waals surface area contributed by atoms with E-state index in [1.165, 1.54) is 154 Å². The average molecular weight is 405 g/mol. The van der Waals surface area contributed by atoms with E-state index < -0.39 is 0 Å². The van der Waals surface area contributed by atoms with Gasteiger partial charge in [0.15, 0.2) is 0 Å². The summed E-state index contributed by atoms with van der Waals surface area (Å²) in [5.74, 6) is 0. The van der Waals surface area contributed by atoms with Crippen molar-refractivity contribution >= 4 is 0 Å². The summed E-state index contributed by atoms with van der Waals surface area (Å²) in [6, 6.07) is 0. The van der Waals surface area contributed by atoms with E-state index in [1.54, 1.807) is 25.7 Å². The van der Waals surface area contributed by atoms with Crippen LogP contribution in [0.15, 0.2) is 0 Å². The van der Waals surface area contributed by atoms with Crippen molar-refractivity contribution in [3.05, 3.63) is 0 Å². The lowest BCUT2D eigenvalue weighted by atomic mass is 9.68. The van der Waals surface area contributed by atoms with Crippen molar-refractivity contribution < 1.29 is 0 Å². The molecule has 29 heavy (non-hydrogen) atoms. The molecule has 2 saturated carbocycles. The monoisotopic (exact) mass is 404 g/mol. The molecule has 0 aromatic heterocycles. The quantitative estimate of drug-likeness (QED) is 0.376. The van der Waals surface area contributed by atoms with Gasteiger partial charge in [-0.25, -0.2) is 0 Å². The molecule has 0 unspecified atom stereocenters. The fourth-order valence-electron chi connectivity index (χ4n) is 6.29. The highest BCUT2D eigenvalue weighted by Gasteiger charge is 2.30. The first-order valence-corrected chi connectivity index (χ1v) is 14.4. The topological polar surface area (TPSA) is 0 Å². The Bertz CT molecular complexity index is 312. The van der Waals surface area contributed by atoms with Crippen LogP contribution in [0.5, 0.6) is 0 Å². The van der Waals surface area contributed by atoms with Crippen molar-refractivity contribution in [2.45, 2.75) is 180 Å². The zero-order chi connectivity index (χ0) is 20.3. The van der Waals surface area contributed by atoms with Gasteiger partial charge in [0, 0.05) is 0 Å². The van der Waals surface area contributed by atoms with Crippen LogP contribution < -0.4 is 0 Å². The molecule has 0 nitrogen and oxygen atoms in total. The van der Waals surface area contributed by atoms with E-state index in [2.05, 4.69) is 0 Å². The fraction of sp³-hybridized carbons (Fsp3) is 1.00. The molecule has 1 spiro atoms. The Morgan fingerprint density at radius 1 is 0.172 bits per heavy atom. The molecule has 0 radical (unpaired) electrons. The van der Waals surface area contributed by atoms with Gasteiger partial charge in [-0.3, -0.25) is 0 Å². The van der Waals surface area contributed by atoms with Crippen molar-refractivity contribution in [3.63, 3.8) is 0 Å². The number of hydrogen-bond acceptors (Lipinski definition) is 0. The van der Waals surface area contributed by atoms with Crippen LogP contribution >= 0.6 is 0 Å². The Kier molecular flexibility index (Phi) is 15.4. The van der Waals surface area contributed by atoms with E-state index in [-0.39, 0.29) is 0 Å². The number of hydrogen-bond donors (Lipinski definition) is 0. The second-order valence-corrected chi connectivity index (χ2v) is 11.0. The second-order valence-electron chi connectivity index (χ2n) is 11.0. The summed E-state index contributed by atoms with van der Waals surface area (Å²) in [6.07, 6.45) is 42.5. The van der Waals surface area contributed by atoms with Crippen molar-refractivity contribution in [2.24, 2.45) is 5.41 Å². The first-order chi connectivity index (χ1) is 14.4. The SMILES string of the molecule is C1CCCCCCCCCCCC2(CCCCCCCCCCC1)CCCCC2. The van der Waals surface area contributed by atoms with Gasteiger partial charge < -0.3 is 0 Å². The van der Waals surface area contributed by atoms with E-state index in [1.807, 2.05) is 0 Å². The molecule has 2 aliphatic carbocycles. The van der Waals surface area contributed by atoms with E-state index in [4.69, 9.17) is 0 Å². The second kappa shape index (κ2) is 17.7. The molecule has 2 aliphatic rings. The Labute approximate surface area is 185 Å². The maximum Gasteiger partial charge on any atom is -0.0297 e. The van der Waals surface area contributed by atoms with E-state index in [0.29, 0.717) is 0 Å². The summed E-state index contributed by atoms with van der Waals surface area (Å²) in [4.78, 5) is 0. The van der Waals surface area contributed by atoms with Crippen molar-refractivity contribution in [2.75, 3.05) is 0 Å². The molecule has 0 atom stereocenters. The molecule has 0 aromatic carbocycles. The Morgan fingerprint density at radius 3 is 0.517 bits per heavy atom. The first-order valence-electron chi connectivity index (χ1n) is 14.4. The van der Waals surface area contributed by atoms with Crippen LogP contribution in [0, 0.1) is 5.41 Å². The van der Waals surface area contributed by atoms with Crippen LogP contribution in [0.2, 0.25) is 0 Å². The van der Waals surface area contributed by atoms with Crippen LogP contribution in [0.3, 0.4) is 0 Å². The van der Waals surface area contributed by atoms with Crippen LogP contribution in [0.25, 0.3) is 0 Å². The van der Waals surface area contributed by atoms with Gasteiger partial charge in [0.05, 0.1) is 0 Å². The minimum Gasteiger partial charge on any atom is -0.0533 e. The maximum atomic E-state index is 1.56. The molecule has 0 amide bonds. The predicted molar refractivity (Wildman–Crippen MR) is 132 cm³/mol. The minimum atomic E-state index is 0.770. The molecule has 0 heteroatoms. The summed E-state index contributed by atoms with van der Waals surface area (Å²) in [7, 11) is 0. The van der Waals surface area contributed by atoms with Crippen molar-refractivity contribution in [1.82, 2.24) is 0 Å². The first kappa shape index (κ1) is 25.3.